The maximum Gasteiger partial charge on any atom is 0.416 e. The second kappa shape index (κ2) is 7.12. The molecule has 2 aromatic rings. The highest BCUT2D eigenvalue weighted by Gasteiger charge is 2.30. The summed E-state index contributed by atoms with van der Waals surface area (Å²) in [4.78, 5) is 4.25. The summed E-state index contributed by atoms with van der Waals surface area (Å²) >= 11 is 0. The number of aromatic nitrogens is 2. The Kier molecular flexibility index (Phi) is 5.41. The quantitative estimate of drug-likeness (QED) is 0.873. The van der Waals surface area contributed by atoms with E-state index in [0.29, 0.717) is 30.1 Å². The molecule has 1 aromatic heterocycles. The number of halogens is 3. The Balaban J connectivity index is 1.97. The van der Waals surface area contributed by atoms with E-state index in [1.807, 2.05) is 20.8 Å². The largest absolute Gasteiger partial charge is 0.416 e. The van der Waals surface area contributed by atoms with Gasteiger partial charge in [-0.05, 0) is 31.9 Å². The first kappa shape index (κ1) is 17.5. The zero-order chi connectivity index (χ0) is 17.0. The summed E-state index contributed by atoms with van der Waals surface area (Å²) in [6.07, 6.45) is -3.15. The Morgan fingerprint density at radius 1 is 1.26 bits per heavy atom. The third-order valence-corrected chi connectivity index (χ3v) is 3.50. The molecule has 0 radical (unpaired) electrons. The van der Waals surface area contributed by atoms with Crippen LogP contribution in [-0.2, 0) is 19.0 Å². The van der Waals surface area contributed by atoms with Gasteiger partial charge in [-0.25, -0.2) is 0 Å². The topological polar surface area (TPSA) is 51.0 Å². The minimum Gasteiger partial charge on any atom is -0.338 e. The SMILES string of the molecule is CCc1noc([C@H](C)N[C@@H](C)Cc2cccc(C(F)(F)F)c2)n1. The van der Waals surface area contributed by atoms with Gasteiger partial charge in [-0.15, -0.1) is 0 Å². The summed E-state index contributed by atoms with van der Waals surface area (Å²) in [7, 11) is 0. The van der Waals surface area contributed by atoms with Crippen LogP contribution in [0, 0.1) is 0 Å². The molecule has 0 fully saturated rings. The summed E-state index contributed by atoms with van der Waals surface area (Å²) in [5.41, 5.74) is 0.00605. The molecule has 1 aromatic carbocycles. The fourth-order valence-electron chi connectivity index (χ4n) is 2.37. The van der Waals surface area contributed by atoms with Gasteiger partial charge in [-0.2, -0.15) is 18.2 Å². The van der Waals surface area contributed by atoms with E-state index < -0.39 is 11.7 Å². The van der Waals surface area contributed by atoms with Gasteiger partial charge in [0.15, 0.2) is 5.82 Å². The summed E-state index contributed by atoms with van der Waals surface area (Å²) in [5, 5.41) is 7.10. The number of nitrogens with zero attached hydrogens (tertiary/aromatic N) is 2. The molecule has 0 bridgehead atoms. The van der Waals surface area contributed by atoms with Crippen molar-refractivity contribution in [1.29, 1.82) is 0 Å². The van der Waals surface area contributed by atoms with Crippen LogP contribution in [-0.4, -0.2) is 16.2 Å². The third kappa shape index (κ3) is 4.79. The molecule has 23 heavy (non-hydrogen) atoms. The van der Waals surface area contributed by atoms with E-state index in [2.05, 4.69) is 15.5 Å². The van der Waals surface area contributed by atoms with Crippen molar-refractivity contribution in [1.82, 2.24) is 15.5 Å². The molecule has 1 heterocycles. The van der Waals surface area contributed by atoms with Gasteiger partial charge >= 0.3 is 6.18 Å². The molecule has 4 nitrogen and oxygen atoms in total. The van der Waals surface area contributed by atoms with Crippen molar-refractivity contribution in [2.45, 2.75) is 51.9 Å². The number of aryl methyl sites for hydroxylation is 1. The van der Waals surface area contributed by atoms with Crippen LogP contribution < -0.4 is 5.32 Å². The minimum absolute atomic E-state index is 0.0366. The van der Waals surface area contributed by atoms with Gasteiger partial charge in [0.1, 0.15) is 0 Å². The Hall–Kier alpha value is -1.89. The van der Waals surface area contributed by atoms with Crippen molar-refractivity contribution in [2.24, 2.45) is 0 Å². The zero-order valence-electron chi connectivity index (χ0n) is 13.3. The average molecular weight is 327 g/mol. The Morgan fingerprint density at radius 3 is 2.61 bits per heavy atom. The standard InChI is InChI=1S/C16H20F3N3O/c1-4-14-21-15(23-22-14)11(3)20-10(2)8-12-6-5-7-13(9-12)16(17,18)19/h5-7,9-11,20H,4,8H2,1-3H3/t10-,11-/m0/s1. The maximum atomic E-state index is 12.7. The van der Waals surface area contributed by atoms with Crippen LogP contribution in [0.3, 0.4) is 0 Å². The highest BCUT2D eigenvalue weighted by atomic mass is 19.4. The van der Waals surface area contributed by atoms with Gasteiger partial charge in [0, 0.05) is 12.5 Å². The third-order valence-electron chi connectivity index (χ3n) is 3.50. The summed E-state index contributed by atoms with van der Waals surface area (Å²) < 4.78 is 43.3. The Morgan fingerprint density at radius 2 is 2.00 bits per heavy atom. The molecule has 1 N–H and O–H groups in total. The van der Waals surface area contributed by atoms with Crippen molar-refractivity contribution >= 4 is 0 Å². The van der Waals surface area contributed by atoms with E-state index in [9.17, 15) is 13.2 Å². The van der Waals surface area contributed by atoms with Gasteiger partial charge in [0.05, 0.1) is 11.6 Å². The highest BCUT2D eigenvalue weighted by Crippen LogP contribution is 2.29. The van der Waals surface area contributed by atoms with Crippen LogP contribution in [0.4, 0.5) is 13.2 Å². The van der Waals surface area contributed by atoms with E-state index in [4.69, 9.17) is 4.52 Å². The van der Waals surface area contributed by atoms with Gasteiger partial charge in [-0.3, -0.25) is 0 Å². The second-order valence-electron chi connectivity index (χ2n) is 5.59. The fourth-order valence-corrected chi connectivity index (χ4v) is 2.37. The second-order valence-corrected chi connectivity index (χ2v) is 5.59. The van der Waals surface area contributed by atoms with Crippen LogP contribution in [0.25, 0.3) is 0 Å². The molecule has 0 saturated carbocycles. The lowest BCUT2D eigenvalue weighted by Gasteiger charge is -2.18. The monoisotopic (exact) mass is 327 g/mol. The predicted octanol–water partition coefficient (Wildman–Crippen LogP) is 3.93. The lowest BCUT2D eigenvalue weighted by atomic mass is 10.0. The molecule has 126 valence electrons. The van der Waals surface area contributed by atoms with Crippen LogP contribution in [0.2, 0.25) is 0 Å². The molecular formula is C16H20F3N3O. The van der Waals surface area contributed by atoms with E-state index in [1.54, 1.807) is 6.07 Å². The number of nitrogens with one attached hydrogen (secondary N) is 1. The van der Waals surface area contributed by atoms with Gasteiger partial charge in [-0.1, -0.05) is 30.3 Å². The molecule has 0 saturated heterocycles. The van der Waals surface area contributed by atoms with E-state index in [-0.39, 0.29) is 12.1 Å². The molecule has 0 aliphatic rings. The number of rotatable bonds is 6. The molecule has 2 rings (SSSR count). The van der Waals surface area contributed by atoms with Crippen molar-refractivity contribution in [2.75, 3.05) is 0 Å². The molecule has 0 amide bonds. The first-order chi connectivity index (χ1) is 10.8. The van der Waals surface area contributed by atoms with E-state index in [1.165, 1.54) is 12.1 Å². The van der Waals surface area contributed by atoms with Crippen LogP contribution in [0.1, 0.15) is 49.7 Å². The Labute approximate surface area is 133 Å². The summed E-state index contributed by atoms with van der Waals surface area (Å²) in [6, 6.07) is 5.19. The Bertz CT molecular complexity index is 639. The van der Waals surface area contributed by atoms with Crippen LogP contribution in [0.5, 0.6) is 0 Å². The van der Waals surface area contributed by atoms with Crippen molar-refractivity contribution in [3.8, 4) is 0 Å². The van der Waals surface area contributed by atoms with Crippen molar-refractivity contribution in [3.63, 3.8) is 0 Å². The number of hydrogen-bond donors (Lipinski definition) is 1. The van der Waals surface area contributed by atoms with Crippen LogP contribution in [0.15, 0.2) is 28.8 Å². The molecule has 0 aliphatic heterocycles. The van der Waals surface area contributed by atoms with E-state index >= 15 is 0 Å². The van der Waals surface area contributed by atoms with Gasteiger partial charge in [0.25, 0.3) is 0 Å². The van der Waals surface area contributed by atoms with E-state index in [0.717, 1.165) is 6.07 Å². The molecule has 0 spiro atoms. The number of alkyl halides is 3. The minimum atomic E-state index is -4.32. The molecule has 2 atom stereocenters. The first-order valence-electron chi connectivity index (χ1n) is 7.54. The zero-order valence-corrected chi connectivity index (χ0v) is 13.3. The molecular weight excluding hydrogens is 307 g/mol. The molecule has 0 unspecified atom stereocenters. The highest BCUT2D eigenvalue weighted by molar-refractivity contribution is 5.26. The van der Waals surface area contributed by atoms with Gasteiger partial charge in [0.2, 0.25) is 5.89 Å². The van der Waals surface area contributed by atoms with Gasteiger partial charge < -0.3 is 9.84 Å². The number of hydrogen-bond acceptors (Lipinski definition) is 4. The van der Waals surface area contributed by atoms with Crippen LogP contribution >= 0.6 is 0 Å². The molecule has 7 heteroatoms. The molecule has 0 aliphatic carbocycles. The van der Waals surface area contributed by atoms with Crippen molar-refractivity contribution in [3.05, 3.63) is 47.1 Å². The summed E-state index contributed by atoms with van der Waals surface area (Å²) in [6.45, 7) is 5.73. The first-order valence-corrected chi connectivity index (χ1v) is 7.54. The summed E-state index contributed by atoms with van der Waals surface area (Å²) in [5.74, 6) is 1.12. The lowest BCUT2D eigenvalue weighted by molar-refractivity contribution is -0.137. The van der Waals surface area contributed by atoms with Crippen molar-refractivity contribution < 1.29 is 17.7 Å². The normalized spacial score (nSPS) is 14.7. The fraction of sp³-hybridized carbons (Fsp3) is 0.500. The maximum absolute atomic E-state index is 12.7. The predicted molar refractivity (Wildman–Crippen MR) is 79.8 cm³/mol. The smallest absolute Gasteiger partial charge is 0.338 e. The average Bonchev–Trinajstić information content (AvgIpc) is 2.95. The number of benzene rings is 1. The lowest BCUT2D eigenvalue weighted by Crippen LogP contribution is -2.31.